The highest BCUT2D eigenvalue weighted by Crippen LogP contribution is 2.41. The van der Waals surface area contributed by atoms with Gasteiger partial charge in [-0.25, -0.2) is 4.39 Å². The van der Waals surface area contributed by atoms with Crippen molar-refractivity contribution in [1.82, 2.24) is 0 Å². The standard InChI is InChI=1S/C29H39F/c1-22(26-5-3-2-4-6-26)21-25-11-9-23(10-12-25)7-8-24-13-15-27(16-14-24)28-17-19-29(30)20-18-28/h2-6,17-20,22-25,27H,7-16,21H2,1H3/t22-,23?,24?,25?,27?/m1/s1. The van der Waals surface area contributed by atoms with E-state index in [9.17, 15) is 4.39 Å². The van der Waals surface area contributed by atoms with Crippen molar-refractivity contribution in [1.29, 1.82) is 0 Å². The second-order valence-electron chi connectivity index (χ2n) is 10.3. The average molecular weight is 407 g/mol. The van der Waals surface area contributed by atoms with Crippen molar-refractivity contribution in [3.63, 3.8) is 0 Å². The van der Waals surface area contributed by atoms with Crippen LogP contribution in [0.5, 0.6) is 0 Å². The van der Waals surface area contributed by atoms with Gasteiger partial charge in [0.2, 0.25) is 0 Å². The van der Waals surface area contributed by atoms with E-state index in [1.165, 1.54) is 81.8 Å². The van der Waals surface area contributed by atoms with Crippen LogP contribution in [-0.4, -0.2) is 0 Å². The molecule has 1 atom stereocenters. The predicted molar refractivity (Wildman–Crippen MR) is 125 cm³/mol. The number of benzene rings is 2. The average Bonchev–Trinajstić information content (AvgIpc) is 2.80. The zero-order valence-electron chi connectivity index (χ0n) is 18.7. The lowest BCUT2D eigenvalue weighted by molar-refractivity contribution is 0.220. The summed E-state index contributed by atoms with van der Waals surface area (Å²) in [4.78, 5) is 0. The second kappa shape index (κ2) is 10.6. The van der Waals surface area contributed by atoms with Crippen LogP contribution in [0.3, 0.4) is 0 Å². The molecule has 0 heterocycles. The van der Waals surface area contributed by atoms with Crippen LogP contribution in [0.2, 0.25) is 0 Å². The fourth-order valence-electron chi connectivity index (χ4n) is 6.16. The molecule has 2 aromatic carbocycles. The Kier molecular flexibility index (Phi) is 7.63. The van der Waals surface area contributed by atoms with Crippen LogP contribution in [0.15, 0.2) is 54.6 Å². The molecule has 0 radical (unpaired) electrons. The molecule has 1 heteroatoms. The quantitative estimate of drug-likeness (QED) is 0.430. The van der Waals surface area contributed by atoms with Gasteiger partial charge in [0.05, 0.1) is 0 Å². The molecular formula is C29H39F. The molecule has 2 aliphatic rings. The number of rotatable bonds is 7. The highest BCUT2D eigenvalue weighted by Gasteiger charge is 2.26. The molecule has 0 aromatic heterocycles. The summed E-state index contributed by atoms with van der Waals surface area (Å²) in [6.45, 7) is 2.41. The van der Waals surface area contributed by atoms with E-state index in [0.717, 1.165) is 17.8 Å². The molecule has 2 saturated carbocycles. The maximum Gasteiger partial charge on any atom is 0.123 e. The summed E-state index contributed by atoms with van der Waals surface area (Å²) in [5.41, 5.74) is 2.86. The van der Waals surface area contributed by atoms with Crippen molar-refractivity contribution in [3.05, 3.63) is 71.5 Å². The van der Waals surface area contributed by atoms with Crippen molar-refractivity contribution in [2.24, 2.45) is 17.8 Å². The molecule has 2 aromatic rings. The lowest BCUT2D eigenvalue weighted by Gasteiger charge is -2.33. The third-order valence-electron chi connectivity index (χ3n) is 8.19. The van der Waals surface area contributed by atoms with E-state index in [1.807, 2.05) is 12.1 Å². The molecule has 0 bridgehead atoms. The summed E-state index contributed by atoms with van der Waals surface area (Å²) in [7, 11) is 0. The van der Waals surface area contributed by atoms with Gasteiger partial charge in [0.15, 0.2) is 0 Å². The number of hydrogen-bond acceptors (Lipinski definition) is 0. The Hall–Kier alpha value is -1.63. The first-order chi connectivity index (χ1) is 14.7. The lowest BCUT2D eigenvalue weighted by Crippen LogP contribution is -2.18. The monoisotopic (exact) mass is 406 g/mol. The summed E-state index contributed by atoms with van der Waals surface area (Å²) in [6.07, 6.45) is 15.4. The molecule has 0 saturated heterocycles. The van der Waals surface area contributed by atoms with Crippen molar-refractivity contribution in [2.75, 3.05) is 0 Å². The molecular weight excluding hydrogens is 367 g/mol. The summed E-state index contributed by atoms with van der Waals surface area (Å²) < 4.78 is 13.2. The molecule has 0 amide bonds. The first-order valence-electron chi connectivity index (χ1n) is 12.5. The zero-order valence-corrected chi connectivity index (χ0v) is 18.7. The van der Waals surface area contributed by atoms with Crippen LogP contribution in [0.4, 0.5) is 4.39 Å². The van der Waals surface area contributed by atoms with Gasteiger partial charge in [-0.3, -0.25) is 0 Å². The Balaban J connectivity index is 1.13. The van der Waals surface area contributed by atoms with Crippen LogP contribution < -0.4 is 0 Å². The Labute approximate surface area is 183 Å². The van der Waals surface area contributed by atoms with Crippen molar-refractivity contribution < 1.29 is 4.39 Å². The molecule has 162 valence electrons. The van der Waals surface area contributed by atoms with Gasteiger partial charge in [0.1, 0.15) is 5.82 Å². The predicted octanol–water partition coefficient (Wildman–Crippen LogP) is 8.88. The van der Waals surface area contributed by atoms with Crippen molar-refractivity contribution >= 4 is 0 Å². The number of halogens is 1. The fraction of sp³-hybridized carbons (Fsp3) is 0.586. The third kappa shape index (κ3) is 5.96. The summed E-state index contributed by atoms with van der Waals surface area (Å²) >= 11 is 0. The van der Waals surface area contributed by atoms with Crippen LogP contribution >= 0.6 is 0 Å². The van der Waals surface area contributed by atoms with E-state index in [0.29, 0.717) is 11.8 Å². The largest absolute Gasteiger partial charge is 0.207 e. The van der Waals surface area contributed by atoms with E-state index in [2.05, 4.69) is 37.3 Å². The first kappa shape index (κ1) is 21.6. The number of hydrogen-bond donors (Lipinski definition) is 0. The van der Waals surface area contributed by atoms with Gasteiger partial charge in [-0.2, -0.15) is 0 Å². The molecule has 2 aliphatic carbocycles. The minimum atomic E-state index is -0.114. The van der Waals surface area contributed by atoms with Gasteiger partial charge >= 0.3 is 0 Å². The van der Waals surface area contributed by atoms with Crippen LogP contribution in [0.1, 0.15) is 101 Å². The van der Waals surface area contributed by atoms with E-state index in [4.69, 9.17) is 0 Å². The Morgan fingerprint density at radius 3 is 1.83 bits per heavy atom. The molecule has 0 unspecified atom stereocenters. The van der Waals surface area contributed by atoms with E-state index >= 15 is 0 Å². The van der Waals surface area contributed by atoms with E-state index in [1.54, 1.807) is 12.1 Å². The zero-order chi connectivity index (χ0) is 20.8. The van der Waals surface area contributed by atoms with Gasteiger partial charge in [-0.1, -0.05) is 87.9 Å². The smallest absolute Gasteiger partial charge is 0.123 e. The maximum absolute atomic E-state index is 13.2. The Morgan fingerprint density at radius 2 is 1.23 bits per heavy atom. The van der Waals surface area contributed by atoms with Gasteiger partial charge in [-0.05, 0) is 85.0 Å². The lowest BCUT2D eigenvalue weighted by atomic mass is 9.73. The normalized spacial score (nSPS) is 28.2. The van der Waals surface area contributed by atoms with Gasteiger partial charge in [0.25, 0.3) is 0 Å². The molecule has 0 spiro atoms. The molecule has 30 heavy (non-hydrogen) atoms. The van der Waals surface area contributed by atoms with Crippen LogP contribution in [0, 0.1) is 23.6 Å². The third-order valence-corrected chi connectivity index (χ3v) is 8.19. The second-order valence-corrected chi connectivity index (χ2v) is 10.3. The molecule has 4 rings (SSSR count). The van der Waals surface area contributed by atoms with Gasteiger partial charge in [0, 0.05) is 0 Å². The fourth-order valence-corrected chi connectivity index (χ4v) is 6.16. The van der Waals surface area contributed by atoms with Crippen LogP contribution in [-0.2, 0) is 0 Å². The topological polar surface area (TPSA) is 0 Å². The SMILES string of the molecule is C[C@H](CC1CCC(CCC2CCC(c3ccc(F)cc3)CC2)CC1)c1ccccc1. The van der Waals surface area contributed by atoms with E-state index in [-0.39, 0.29) is 5.82 Å². The van der Waals surface area contributed by atoms with E-state index < -0.39 is 0 Å². The summed E-state index contributed by atoms with van der Waals surface area (Å²) in [5, 5.41) is 0. The molecule has 0 aliphatic heterocycles. The highest BCUT2D eigenvalue weighted by atomic mass is 19.1. The Morgan fingerprint density at radius 1 is 0.700 bits per heavy atom. The van der Waals surface area contributed by atoms with Crippen molar-refractivity contribution in [3.8, 4) is 0 Å². The molecule has 0 nitrogen and oxygen atoms in total. The maximum atomic E-state index is 13.2. The van der Waals surface area contributed by atoms with Crippen molar-refractivity contribution in [2.45, 2.75) is 89.4 Å². The highest BCUT2D eigenvalue weighted by molar-refractivity contribution is 5.21. The molecule has 0 N–H and O–H groups in total. The molecule has 2 fully saturated rings. The first-order valence-corrected chi connectivity index (χ1v) is 12.5. The minimum Gasteiger partial charge on any atom is -0.207 e. The summed E-state index contributed by atoms with van der Waals surface area (Å²) in [6, 6.07) is 18.3. The van der Waals surface area contributed by atoms with Gasteiger partial charge < -0.3 is 0 Å². The Bertz CT molecular complexity index is 734. The van der Waals surface area contributed by atoms with Crippen LogP contribution in [0.25, 0.3) is 0 Å². The summed E-state index contributed by atoms with van der Waals surface area (Å²) in [5.74, 6) is 4.08. The van der Waals surface area contributed by atoms with Gasteiger partial charge in [-0.15, -0.1) is 0 Å². The minimum absolute atomic E-state index is 0.114.